The molecule has 1 aliphatic rings. The van der Waals surface area contributed by atoms with Crippen LogP contribution in [-0.4, -0.2) is 48.0 Å². The number of primary amides is 1. The van der Waals surface area contributed by atoms with E-state index in [0.717, 1.165) is 24.4 Å². The topological polar surface area (TPSA) is 163 Å². The summed E-state index contributed by atoms with van der Waals surface area (Å²) in [5, 5.41) is 2.90. The molecule has 37 heavy (non-hydrogen) atoms. The fraction of sp³-hybridized carbons (Fsp3) is 0.360. The third kappa shape index (κ3) is 5.75. The molecule has 3 amide bonds. The molecular weight excluding hydrogens is 498 g/mol. The summed E-state index contributed by atoms with van der Waals surface area (Å²) >= 11 is 0.736. The van der Waals surface area contributed by atoms with Gasteiger partial charge in [-0.2, -0.15) is 4.37 Å². The number of furan rings is 1. The standard InChI is InChI=1S/C25H29N5O6S/c1-3-34-16-9-7-15(8-10-16)30(25(33)22-19(26)20(23(27)31)29-37-22)21(18-11-6-14(2)36-18)24(32)28-13-17-5-4-12-35-17/h6-11,17,21H,3-5,12-13,26H2,1-2H3,(H2,27,31)(H,28,32)/t17-,21+/m1/s1. The van der Waals surface area contributed by atoms with Crippen molar-refractivity contribution in [2.24, 2.45) is 5.73 Å². The summed E-state index contributed by atoms with van der Waals surface area (Å²) in [5.41, 5.74) is 11.5. The van der Waals surface area contributed by atoms with Crippen molar-refractivity contribution in [3.05, 3.63) is 58.5 Å². The van der Waals surface area contributed by atoms with Gasteiger partial charge in [-0.1, -0.05) is 0 Å². The number of hydrogen-bond donors (Lipinski definition) is 3. The summed E-state index contributed by atoms with van der Waals surface area (Å²) in [6, 6.07) is 8.86. The van der Waals surface area contributed by atoms with Gasteiger partial charge in [0.1, 0.15) is 22.1 Å². The van der Waals surface area contributed by atoms with Crippen LogP contribution in [0.1, 0.15) is 57.5 Å². The van der Waals surface area contributed by atoms with Crippen LogP contribution in [0.3, 0.4) is 0 Å². The van der Waals surface area contributed by atoms with Gasteiger partial charge < -0.3 is 30.7 Å². The number of ether oxygens (including phenoxy) is 2. The summed E-state index contributed by atoms with van der Waals surface area (Å²) in [6.45, 7) is 5.00. The Labute approximate surface area is 217 Å². The molecule has 1 saturated heterocycles. The first kappa shape index (κ1) is 26.2. The molecule has 0 unspecified atom stereocenters. The highest BCUT2D eigenvalue weighted by atomic mass is 32.1. The highest BCUT2D eigenvalue weighted by Crippen LogP contribution is 2.34. The first-order valence-corrected chi connectivity index (χ1v) is 12.6. The number of benzene rings is 1. The molecule has 2 aromatic heterocycles. The molecule has 1 aliphatic heterocycles. The van der Waals surface area contributed by atoms with Gasteiger partial charge in [0.25, 0.3) is 17.7 Å². The van der Waals surface area contributed by atoms with E-state index < -0.39 is 23.8 Å². The normalized spacial score (nSPS) is 15.8. The van der Waals surface area contributed by atoms with Crippen LogP contribution in [0.2, 0.25) is 0 Å². The maximum atomic E-state index is 14.0. The van der Waals surface area contributed by atoms with E-state index in [9.17, 15) is 14.4 Å². The maximum absolute atomic E-state index is 14.0. The molecule has 1 fully saturated rings. The van der Waals surface area contributed by atoms with Gasteiger partial charge in [-0.05, 0) is 74.6 Å². The van der Waals surface area contributed by atoms with E-state index in [1.807, 2.05) is 6.92 Å². The van der Waals surface area contributed by atoms with Crippen molar-refractivity contribution < 1.29 is 28.3 Å². The minimum atomic E-state index is -1.20. The quantitative estimate of drug-likeness (QED) is 0.362. The van der Waals surface area contributed by atoms with E-state index in [4.69, 9.17) is 25.4 Å². The van der Waals surface area contributed by atoms with Crippen LogP contribution in [0.4, 0.5) is 11.4 Å². The fourth-order valence-electron chi connectivity index (χ4n) is 4.08. The Morgan fingerprint density at radius 3 is 2.57 bits per heavy atom. The number of nitrogens with two attached hydrogens (primary N) is 2. The average molecular weight is 528 g/mol. The van der Waals surface area contributed by atoms with Crippen LogP contribution in [0.5, 0.6) is 5.75 Å². The first-order valence-electron chi connectivity index (χ1n) is 11.9. The lowest BCUT2D eigenvalue weighted by Gasteiger charge is -2.30. The molecule has 0 bridgehead atoms. The van der Waals surface area contributed by atoms with Crippen molar-refractivity contribution in [1.82, 2.24) is 9.69 Å². The van der Waals surface area contributed by atoms with Crippen molar-refractivity contribution in [2.75, 3.05) is 30.4 Å². The summed E-state index contributed by atoms with van der Waals surface area (Å²) in [4.78, 5) is 40.6. The van der Waals surface area contributed by atoms with Crippen molar-refractivity contribution in [3.63, 3.8) is 0 Å². The Kier molecular flexibility index (Phi) is 8.09. The summed E-state index contributed by atoms with van der Waals surface area (Å²) in [6.07, 6.45) is 1.65. The lowest BCUT2D eigenvalue weighted by Crippen LogP contribution is -2.45. The SMILES string of the molecule is CCOc1ccc(N(C(=O)c2snc(C(N)=O)c2N)[C@H](C(=O)NC[C@H]2CCCO2)c2ccc(C)o2)cc1. The van der Waals surface area contributed by atoms with Gasteiger partial charge in [0.05, 0.1) is 18.4 Å². The number of nitrogens with zero attached hydrogens (tertiary/aromatic N) is 2. The van der Waals surface area contributed by atoms with Crippen LogP contribution in [0.25, 0.3) is 0 Å². The number of nitrogens with one attached hydrogen (secondary N) is 1. The van der Waals surface area contributed by atoms with E-state index in [1.165, 1.54) is 4.90 Å². The third-order valence-electron chi connectivity index (χ3n) is 5.87. The van der Waals surface area contributed by atoms with Crippen LogP contribution in [0, 0.1) is 6.92 Å². The number of aromatic nitrogens is 1. The number of anilines is 2. The maximum Gasteiger partial charge on any atom is 0.273 e. The van der Waals surface area contributed by atoms with Crippen molar-refractivity contribution in [3.8, 4) is 5.75 Å². The Morgan fingerprint density at radius 1 is 1.24 bits per heavy atom. The third-order valence-corrected chi connectivity index (χ3v) is 6.72. The van der Waals surface area contributed by atoms with E-state index in [2.05, 4.69) is 9.69 Å². The van der Waals surface area contributed by atoms with E-state index in [-0.39, 0.29) is 34.7 Å². The van der Waals surface area contributed by atoms with Gasteiger partial charge in [0.2, 0.25) is 0 Å². The lowest BCUT2D eigenvalue weighted by atomic mass is 10.1. The van der Waals surface area contributed by atoms with Gasteiger partial charge >= 0.3 is 0 Å². The highest BCUT2D eigenvalue weighted by molar-refractivity contribution is 7.09. The van der Waals surface area contributed by atoms with Crippen LogP contribution >= 0.6 is 11.5 Å². The van der Waals surface area contributed by atoms with Crippen LogP contribution in [-0.2, 0) is 9.53 Å². The van der Waals surface area contributed by atoms with Gasteiger partial charge in [0.15, 0.2) is 11.7 Å². The Morgan fingerprint density at radius 2 is 2.00 bits per heavy atom. The number of amides is 3. The predicted molar refractivity (Wildman–Crippen MR) is 138 cm³/mol. The second kappa shape index (κ2) is 11.4. The zero-order valence-corrected chi connectivity index (χ0v) is 21.4. The molecule has 4 rings (SSSR count). The Hall–Kier alpha value is -3.90. The largest absolute Gasteiger partial charge is 0.494 e. The molecule has 12 heteroatoms. The molecule has 0 radical (unpaired) electrons. The van der Waals surface area contributed by atoms with Gasteiger partial charge in [-0.3, -0.25) is 19.3 Å². The molecule has 0 aliphatic carbocycles. The number of carbonyl (C=O) groups is 3. The van der Waals surface area contributed by atoms with E-state index in [0.29, 0.717) is 30.4 Å². The van der Waals surface area contributed by atoms with Crippen molar-refractivity contribution in [2.45, 2.75) is 38.8 Å². The van der Waals surface area contributed by atoms with E-state index in [1.54, 1.807) is 43.3 Å². The van der Waals surface area contributed by atoms with Gasteiger partial charge in [0, 0.05) is 18.8 Å². The number of rotatable bonds is 10. The van der Waals surface area contributed by atoms with Crippen molar-refractivity contribution >= 4 is 40.6 Å². The smallest absolute Gasteiger partial charge is 0.273 e. The number of carbonyl (C=O) groups excluding carboxylic acids is 3. The summed E-state index contributed by atoms with van der Waals surface area (Å²) in [5.74, 6) is -0.543. The molecule has 3 aromatic rings. The highest BCUT2D eigenvalue weighted by Gasteiger charge is 2.38. The molecule has 11 nitrogen and oxygen atoms in total. The molecular formula is C25H29N5O6S. The zero-order valence-electron chi connectivity index (χ0n) is 20.6. The van der Waals surface area contributed by atoms with Crippen molar-refractivity contribution in [1.29, 1.82) is 0 Å². The second-order valence-electron chi connectivity index (χ2n) is 8.47. The van der Waals surface area contributed by atoms with Crippen LogP contribution < -0.4 is 26.4 Å². The minimum Gasteiger partial charge on any atom is -0.494 e. The first-order chi connectivity index (χ1) is 17.8. The summed E-state index contributed by atoms with van der Waals surface area (Å²) < 4.78 is 21.0. The number of hydrogen-bond acceptors (Lipinski definition) is 9. The summed E-state index contributed by atoms with van der Waals surface area (Å²) in [7, 11) is 0. The predicted octanol–water partition coefficient (Wildman–Crippen LogP) is 2.81. The average Bonchev–Trinajstić information content (AvgIpc) is 3.63. The lowest BCUT2D eigenvalue weighted by molar-refractivity contribution is -0.123. The molecule has 3 heterocycles. The zero-order chi connectivity index (χ0) is 26.5. The monoisotopic (exact) mass is 527 g/mol. The van der Waals surface area contributed by atoms with Gasteiger partial charge in [-0.15, -0.1) is 0 Å². The molecule has 1 aromatic carbocycles. The van der Waals surface area contributed by atoms with Crippen LogP contribution in [0.15, 0.2) is 40.8 Å². The Balaban J connectivity index is 1.78. The number of aryl methyl sites for hydroxylation is 1. The molecule has 5 N–H and O–H groups in total. The molecule has 0 saturated carbocycles. The molecule has 0 spiro atoms. The van der Waals surface area contributed by atoms with Gasteiger partial charge in [-0.25, -0.2) is 0 Å². The second-order valence-corrected chi connectivity index (χ2v) is 9.24. The van der Waals surface area contributed by atoms with E-state index >= 15 is 0 Å². The Bertz CT molecular complexity index is 1260. The number of nitrogen functional groups attached to an aromatic ring is 1. The fourth-order valence-corrected chi connectivity index (χ4v) is 4.82. The molecule has 196 valence electrons. The minimum absolute atomic E-state index is 0.0251. The molecule has 2 atom stereocenters.